The second kappa shape index (κ2) is 7.98. The molecule has 6 rings (SSSR count). The third-order valence-corrected chi connectivity index (χ3v) is 6.59. The highest BCUT2D eigenvalue weighted by Gasteiger charge is 2.26. The van der Waals surface area contributed by atoms with E-state index in [0.717, 1.165) is 65.3 Å². The van der Waals surface area contributed by atoms with E-state index < -0.39 is 0 Å². The molecule has 0 spiro atoms. The summed E-state index contributed by atoms with van der Waals surface area (Å²) in [5, 5.41) is 0. The van der Waals surface area contributed by atoms with E-state index in [1.807, 2.05) is 52.6 Å². The van der Waals surface area contributed by atoms with E-state index in [-0.39, 0.29) is 11.7 Å². The third kappa shape index (κ3) is 3.21. The molecule has 1 aliphatic heterocycles. The van der Waals surface area contributed by atoms with Gasteiger partial charge >= 0.3 is 5.69 Å². The molecule has 0 radical (unpaired) electrons. The lowest BCUT2D eigenvalue weighted by atomic mass is 10.0. The Bertz CT molecular complexity index is 1540. The van der Waals surface area contributed by atoms with Gasteiger partial charge < -0.3 is 19.2 Å². The summed E-state index contributed by atoms with van der Waals surface area (Å²) in [4.78, 5) is 36.1. The number of hydrogen-bond donors (Lipinski definition) is 1. The van der Waals surface area contributed by atoms with Crippen LogP contribution in [0.1, 0.15) is 18.9 Å². The Morgan fingerprint density at radius 2 is 1.88 bits per heavy atom. The molecule has 0 atom stereocenters. The molecule has 0 aliphatic carbocycles. The number of aromatic amines is 1. The van der Waals surface area contributed by atoms with Crippen molar-refractivity contribution in [1.82, 2.24) is 34.1 Å². The number of rotatable bonds is 4. The van der Waals surface area contributed by atoms with Crippen LogP contribution in [-0.2, 0) is 7.05 Å². The Kier molecular flexibility index (Phi) is 4.79. The number of aromatic nitrogens is 7. The van der Waals surface area contributed by atoms with Crippen molar-refractivity contribution in [3.05, 3.63) is 59.4 Å². The number of fused-ring (bicyclic) bond motifs is 2. The monoisotopic (exact) mass is 456 g/mol. The van der Waals surface area contributed by atoms with E-state index >= 15 is 0 Å². The first-order valence-corrected chi connectivity index (χ1v) is 11.3. The maximum atomic E-state index is 12.6. The molecule has 1 fully saturated rings. The first kappa shape index (κ1) is 20.4. The van der Waals surface area contributed by atoms with Crippen molar-refractivity contribution in [1.29, 1.82) is 0 Å². The molecule has 5 heterocycles. The third-order valence-electron chi connectivity index (χ3n) is 6.59. The number of ether oxygens (including phenoxy) is 1. The van der Waals surface area contributed by atoms with Crippen molar-refractivity contribution in [3.8, 4) is 17.3 Å². The van der Waals surface area contributed by atoms with Crippen LogP contribution in [0.5, 0.6) is 5.88 Å². The first-order valence-electron chi connectivity index (χ1n) is 11.3. The van der Waals surface area contributed by atoms with E-state index in [1.165, 1.54) is 0 Å². The lowest BCUT2D eigenvalue weighted by Gasteiger charge is -2.33. The van der Waals surface area contributed by atoms with Crippen molar-refractivity contribution < 1.29 is 4.74 Å². The lowest BCUT2D eigenvalue weighted by molar-refractivity contribution is 0.395. The fourth-order valence-corrected chi connectivity index (χ4v) is 4.88. The Balaban J connectivity index is 1.30. The number of aryl methyl sites for hydroxylation is 1. The summed E-state index contributed by atoms with van der Waals surface area (Å²) in [6.07, 6.45) is 5.02. The molecule has 5 aromatic rings. The van der Waals surface area contributed by atoms with Crippen molar-refractivity contribution in [2.45, 2.75) is 18.9 Å². The number of H-pyrrole nitrogens is 1. The van der Waals surface area contributed by atoms with Crippen LogP contribution >= 0.6 is 0 Å². The Hall–Kier alpha value is -4.21. The molecule has 1 aromatic carbocycles. The zero-order valence-electron chi connectivity index (χ0n) is 19.0. The van der Waals surface area contributed by atoms with Gasteiger partial charge in [-0.15, -0.1) is 0 Å². The Morgan fingerprint density at radius 1 is 1.06 bits per heavy atom. The van der Waals surface area contributed by atoms with Crippen LogP contribution in [0.25, 0.3) is 33.6 Å². The Morgan fingerprint density at radius 3 is 2.65 bits per heavy atom. The Labute approximate surface area is 194 Å². The van der Waals surface area contributed by atoms with Crippen LogP contribution in [-0.4, -0.2) is 54.3 Å². The summed E-state index contributed by atoms with van der Waals surface area (Å²) in [6, 6.07) is 11.7. The molecule has 0 unspecified atom stereocenters. The standard InChI is InChI=1S/C24H24N8O2/c1-30-21(15-7-8-19(34-2)25-13-15)29-20-22(30)26-14-27-23(20)31-11-9-16(10-12-31)32-18-6-4-3-5-17(18)28-24(32)33/h3-8,13-14,16H,9-12H2,1-2H3,(H,28,33). The predicted octanol–water partition coefficient (Wildman–Crippen LogP) is 2.92. The number of benzene rings is 1. The summed E-state index contributed by atoms with van der Waals surface area (Å²) in [5.74, 6) is 2.14. The molecule has 172 valence electrons. The zero-order chi connectivity index (χ0) is 23.2. The van der Waals surface area contributed by atoms with Gasteiger partial charge in [0.15, 0.2) is 17.0 Å². The van der Waals surface area contributed by atoms with E-state index in [2.05, 4.69) is 24.8 Å². The minimum absolute atomic E-state index is 0.0495. The van der Waals surface area contributed by atoms with Crippen LogP contribution in [0.2, 0.25) is 0 Å². The summed E-state index contributed by atoms with van der Waals surface area (Å²) >= 11 is 0. The zero-order valence-corrected chi connectivity index (χ0v) is 19.0. The first-order chi connectivity index (χ1) is 16.6. The van der Waals surface area contributed by atoms with Crippen LogP contribution in [0.4, 0.5) is 5.82 Å². The molecular formula is C24H24N8O2. The summed E-state index contributed by atoms with van der Waals surface area (Å²) in [6.45, 7) is 1.55. The number of hydrogen-bond acceptors (Lipinski definition) is 7. The van der Waals surface area contributed by atoms with Gasteiger partial charge in [0.25, 0.3) is 0 Å². The van der Waals surface area contributed by atoms with Crippen molar-refractivity contribution >= 4 is 28.0 Å². The summed E-state index contributed by atoms with van der Waals surface area (Å²) in [5.41, 5.74) is 4.19. The normalized spacial score (nSPS) is 14.8. The van der Waals surface area contributed by atoms with E-state index in [9.17, 15) is 4.79 Å². The number of methoxy groups -OCH3 is 1. The van der Waals surface area contributed by atoms with Crippen LogP contribution < -0.4 is 15.3 Å². The molecular weight excluding hydrogens is 432 g/mol. The SMILES string of the molecule is COc1ccc(-c2nc3c(N4CCC(n5c(=O)[nH]c6ccccc65)CC4)ncnc3n2C)cn1. The van der Waals surface area contributed by atoms with Gasteiger partial charge in [0.05, 0.1) is 18.1 Å². The van der Waals surface area contributed by atoms with Crippen LogP contribution in [0.3, 0.4) is 0 Å². The van der Waals surface area contributed by atoms with Gasteiger partial charge in [-0.2, -0.15) is 0 Å². The highest BCUT2D eigenvalue weighted by molar-refractivity contribution is 5.86. The van der Waals surface area contributed by atoms with Crippen LogP contribution in [0, 0.1) is 0 Å². The minimum atomic E-state index is -0.0495. The molecule has 1 N–H and O–H groups in total. The number of anilines is 1. The van der Waals surface area contributed by atoms with Gasteiger partial charge in [0, 0.05) is 44.0 Å². The molecule has 1 aliphatic rings. The van der Waals surface area contributed by atoms with Gasteiger partial charge in [-0.3, -0.25) is 4.57 Å². The number of pyridine rings is 1. The maximum absolute atomic E-state index is 12.6. The van der Waals surface area contributed by atoms with Gasteiger partial charge in [-0.25, -0.2) is 24.7 Å². The minimum Gasteiger partial charge on any atom is -0.481 e. The molecule has 4 aromatic heterocycles. The van der Waals surface area contributed by atoms with E-state index in [1.54, 1.807) is 19.6 Å². The average molecular weight is 457 g/mol. The molecule has 10 heteroatoms. The van der Waals surface area contributed by atoms with Crippen molar-refractivity contribution in [2.75, 3.05) is 25.1 Å². The van der Waals surface area contributed by atoms with Crippen molar-refractivity contribution in [2.24, 2.45) is 7.05 Å². The number of nitrogens with zero attached hydrogens (tertiary/aromatic N) is 7. The second-order valence-electron chi connectivity index (χ2n) is 8.49. The van der Waals surface area contributed by atoms with E-state index in [4.69, 9.17) is 9.72 Å². The molecule has 34 heavy (non-hydrogen) atoms. The van der Waals surface area contributed by atoms with Gasteiger partial charge in [-0.1, -0.05) is 12.1 Å². The topological polar surface area (TPSA) is 107 Å². The van der Waals surface area contributed by atoms with Crippen LogP contribution in [0.15, 0.2) is 53.7 Å². The number of piperidine rings is 1. The molecule has 1 saturated heterocycles. The molecule has 0 saturated carbocycles. The molecule has 0 bridgehead atoms. The maximum Gasteiger partial charge on any atom is 0.326 e. The smallest absolute Gasteiger partial charge is 0.326 e. The highest BCUT2D eigenvalue weighted by Crippen LogP contribution is 2.32. The van der Waals surface area contributed by atoms with Gasteiger partial charge in [-0.05, 0) is 31.0 Å². The predicted molar refractivity (Wildman–Crippen MR) is 129 cm³/mol. The fourth-order valence-electron chi connectivity index (χ4n) is 4.88. The second-order valence-corrected chi connectivity index (χ2v) is 8.49. The number of nitrogens with one attached hydrogen (secondary N) is 1. The molecule has 10 nitrogen and oxygen atoms in total. The van der Waals surface area contributed by atoms with Gasteiger partial charge in [0.1, 0.15) is 12.2 Å². The van der Waals surface area contributed by atoms with E-state index in [0.29, 0.717) is 5.88 Å². The van der Waals surface area contributed by atoms with Gasteiger partial charge in [0.2, 0.25) is 5.88 Å². The summed E-state index contributed by atoms with van der Waals surface area (Å²) < 4.78 is 9.03. The lowest BCUT2D eigenvalue weighted by Crippen LogP contribution is -2.37. The fraction of sp³-hybridized carbons (Fsp3) is 0.292. The number of para-hydroxylation sites is 2. The highest BCUT2D eigenvalue weighted by atomic mass is 16.5. The van der Waals surface area contributed by atoms with Crippen molar-refractivity contribution in [3.63, 3.8) is 0 Å². The largest absolute Gasteiger partial charge is 0.481 e. The summed E-state index contributed by atoms with van der Waals surface area (Å²) in [7, 11) is 3.54. The molecule has 0 amide bonds. The quantitative estimate of drug-likeness (QED) is 0.443. The number of imidazole rings is 2. The average Bonchev–Trinajstić information content (AvgIpc) is 3.40.